The molecule has 1 spiro atoms. The summed E-state index contributed by atoms with van der Waals surface area (Å²) in [5.41, 5.74) is 8.18. The van der Waals surface area contributed by atoms with E-state index < -0.39 is 0 Å². The van der Waals surface area contributed by atoms with Crippen LogP contribution in [0.1, 0.15) is 30.4 Å². The Labute approximate surface area is 125 Å². The summed E-state index contributed by atoms with van der Waals surface area (Å²) in [5.74, 6) is 3.32. The molecule has 2 N–H and O–H groups in total. The Morgan fingerprint density at radius 3 is 3.15 bits per heavy atom. The fourth-order valence-corrected chi connectivity index (χ4v) is 4.53. The van der Waals surface area contributed by atoms with Gasteiger partial charge >= 0.3 is 0 Å². The van der Waals surface area contributed by atoms with Gasteiger partial charge in [0.2, 0.25) is 0 Å². The molecule has 2 heterocycles. The molecule has 110 valence electrons. The van der Waals surface area contributed by atoms with Gasteiger partial charge in [0.05, 0.1) is 12.2 Å². The van der Waals surface area contributed by atoms with Crippen LogP contribution < -0.4 is 10.5 Å². The molecular weight excluding hydrogens is 270 g/mol. The first-order valence-electron chi connectivity index (χ1n) is 7.39. The van der Waals surface area contributed by atoms with Gasteiger partial charge in [-0.05, 0) is 24.7 Å². The lowest BCUT2D eigenvalue weighted by Crippen LogP contribution is -2.44. The molecule has 20 heavy (non-hydrogen) atoms. The van der Waals surface area contributed by atoms with Crippen molar-refractivity contribution in [2.75, 3.05) is 18.1 Å². The van der Waals surface area contributed by atoms with Crippen molar-refractivity contribution in [3.05, 3.63) is 29.3 Å². The van der Waals surface area contributed by atoms with Crippen molar-refractivity contribution < 1.29 is 9.47 Å². The van der Waals surface area contributed by atoms with Gasteiger partial charge in [-0.2, -0.15) is 11.8 Å². The van der Waals surface area contributed by atoms with Gasteiger partial charge in [-0.3, -0.25) is 0 Å². The normalized spacial score (nSPS) is 29.8. The second-order valence-corrected chi connectivity index (χ2v) is 6.94. The van der Waals surface area contributed by atoms with E-state index in [-0.39, 0.29) is 11.7 Å². The number of hydrogen-bond acceptors (Lipinski definition) is 4. The first-order valence-corrected chi connectivity index (χ1v) is 8.55. The predicted molar refractivity (Wildman–Crippen MR) is 83.3 cm³/mol. The van der Waals surface area contributed by atoms with Crippen LogP contribution >= 0.6 is 11.8 Å². The Bertz CT molecular complexity index is 472. The number of ether oxygens (including phenoxy) is 2. The van der Waals surface area contributed by atoms with Gasteiger partial charge in [-0.15, -0.1) is 0 Å². The maximum atomic E-state index is 6.33. The monoisotopic (exact) mass is 293 g/mol. The number of benzene rings is 1. The molecule has 2 unspecified atom stereocenters. The number of nitrogens with two attached hydrogens (primary N) is 1. The molecule has 0 saturated carbocycles. The van der Waals surface area contributed by atoms with E-state index in [0.29, 0.717) is 6.54 Å². The minimum atomic E-state index is 0.0686. The van der Waals surface area contributed by atoms with E-state index >= 15 is 0 Å². The molecule has 4 heteroatoms. The van der Waals surface area contributed by atoms with E-state index in [4.69, 9.17) is 15.2 Å². The molecule has 1 aromatic rings. The molecule has 0 aromatic heterocycles. The van der Waals surface area contributed by atoms with E-state index in [1.807, 2.05) is 17.8 Å². The van der Waals surface area contributed by atoms with Crippen molar-refractivity contribution in [2.45, 2.75) is 44.4 Å². The van der Waals surface area contributed by atoms with Crippen molar-refractivity contribution >= 4 is 11.8 Å². The van der Waals surface area contributed by atoms with E-state index in [1.54, 1.807) is 0 Å². The molecule has 1 aromatic carbocycles. The van der Waals surface area contributed by atoms with Gasteiger partial charge in [-0.25, -0.2) is 0 Å². The van der Waals surface area contributed by atoms with Gasteiger partial charge < -0.3 is 15.2 Å². The van der Waals surface area contributed by atoms with Crippen molar-refractivity contribution in [3.8, 4) is 5.75 Å². The summed E-state index contributed by atoms with van der Waals surface area (Å²) in [6, 6.07) is 6.20. The quantitative estimate of drug-likeness (QED) is 0.930. The van der Waals surface area contributed by atoms with Gasteiger partial charge in [0.25, 0.3) is 0 Å². The lowest BCUT2D eigenvalue weighted by atomic mass is 9.91. The summed E-state index contributed by atoms with van der Waals surface area (Å²) in [7, 11) is 0. The van der Waals surface area contributed by atoms with E-state index in [9.17, 15) is 0 Å². The third-order valence-corrected chi connectivity index (χ3v) is 5.54. The topological polar surface area (TPSA) is 44.5 Å². The molecule has 2 aliphatic rings. The third-order valence-electron chi connectivity index (χ3n) is 4.31. The molecule has 3 nitrogen and oxygen atoms in total. The summed E-state index contributed by atoms with van der Waals surface area (Å²) >= 11 is 2.00. The lowest BCUT2D eigenvalue weighted by molar-refractivity contribution is -0.0961. The largest absolute Gasteiger partial charge is 0.490 e. The molecule has 0 amide bonds. The van der Waals surface area contributed by atoms with E-state index in [1.165, 1.54) is 11.3 Å². The Hall–Kier alpha value is -0.710. The molecular formula is C16H23NO2S. The van der Waals surface area contributed by atoms with Crippen molar-refractivity contribution in [1.29, 1.82) is 0 Å². The second kappa shape index (κ2) is 5.96. The van der Waals surface area contributed by atoms with Crippen LogP contribution in [-0.2, 0) is 11.3 Å². The smallest absolute Gasteiger partial charge is 0.127 e. The lowest BCUT2D eigenvalue weighted by Gasteiger charge is -2.38. The summed E-state index contributed by atoms with van der Waals surface area (Å²) in [6.07, 6.45) is 3.41. The molecule has 2 saturated heterocycles. The van der Waals surface area contributed by atoms with Crippen molar-refractivity contribution in [3.63, 3.8) is 0 Å². The Kier molecular flexibility index (Phi) is 4.24. The van der Waals surface area contributed by atoms with Gasteiger partial charge in [0.15, 0.2) is 0 Å². The summed E-state index contributed by atoms with van der Waals surface area (Å²) in [6.45, 7) is 3.44. The fraction of sp³-hybridized carbons (Fsp3) is 0.625. The molecule has 3 rings (SSSR count). The standard InChI is InChI=1S/C16H23NO2S/c1-12-3-2-4-13(10-17)15(12)19-14-5-7-18-16(9-14)6-8-20-11-16/h2-4,14H,5-11,17H2,1H3. The van der Waals surface area contributed by atoms with Crippen LogP contribution in [0.2, 0.25) is 0 Å². The van der Waals surface area contributed by atoms with Crippen LogP contribution in [0.4, 0.5) is 0 Å². The first-order chi connectivity index (χ1) is 9.72. The zero-order valence-corrected chi connectivity index (χ0v) is 12.9. The number of aryl methyl sites for hydroxylation is 1. The average molecular weight is 293 g/mol. The predicted octanol–water partition coefficient (Wildman–Crippen LogP) is 2.89. The molecule has 0 bridgehead atoms. The number of hydrogen-bond donors (Lipinski definition) is 1. The summed E-state index contributed by atoms with van der Waals surface area (Å²) in [5, 5.41) is 0. The van der Waals surface area contributed by atoms with E-state index in [2.05, 4.69) is 19.1 Å². The highest BCUT2D eigenvalue weighted by atomic mass is 32.2. The van der Waals surface area contributed by atoms with Crippen LogP contribution in [-0.4, -0.2) is 29.8 Å². The second-order valence-electron chi connectivity index (χ2n) is 5.83. The third kappa shape index (κ3) is 2.83. The van der Waals surface area contributed by atoms with Crippen LogP contribution in [0, 0.1) is 6.92 Å². The van der Waals surface area contributed by atoms with Crippen LogP contribution in [0.5, 0.6) is 5.75 Å². The Balaban J connectivity index is 1.74. The maximum Gasteiger partial charge on any atom is 0.127 e. The molecule has 2 atom stereocenters. The highest BCUT2D eigenvalue weighted by molar-refractivity contribution is 7.99. The molecule has 0 aliphatic carbocycles. The molecule has 2 aliphatic heterocycles. The Morgan fingerprint density at radius 1 is 1.50 bits per heavy atom. The maximum absolute atomic E-state index is 6.33. The van der Waals surface area contributed by atoms with Crippen molar-refractivity contribution in [2.24, 2.45) is 5.73 Å². The Morgan fingerprint density at radius 2 is 2.40 bits per heavy atom. The minimum Gasteiger partial charge on any atom is -0.490 e. The zero-order valence-electron chi connectivity index (χ0n) is 12.1. The summed E-state index contributed by atoms with van der Waals surface area (Å²) in [4.78, 5) is 0. The van der Waals surface area contributed by atoms with Crippen LogP contribution in [0.25, 0.3) is 0 Å². The zero-order chi connectivity index (χ0) is 14.0. The van der Waals surface area contributed by atoms with Crippen LogP contribution in [0.3, 0.4) is 0 Å². The van der Waals surface area contributed by atoms with Crippen LogP contribution in [0.15, 0.2) is 18.2 Å². The number of para-hydroxylation sites is 1. The molecule has 0 radical (unpaired) electrons. The van der Waals surface area contributed by atoms with Gasteiger partial charge in [0.1, 0.15) is 11.9 Å². The highest BCUT2D eigenvalue weighted by Gasteiger charge is 2.41. The summed E-state index contributed by atoms with van der Waals surface area (Å²) < 4.78 is 12.4. The number of rotatable bonds is 3. The van der Waals surface area contributed by atoms with Gasteiger partial charge in [0, 0.05) is 30.7 Å². The average Bonchev–Trinajstić information content (AvgIpc) is 2.89. The van der Waals surface area contributed by atoms with Gasteiger partial charge in [-0.1, -0.05) is 18.2 Å². The van der Waals surface area contributed by atoms with E-state index in [0.717, 1.165) is 42.9 Å². The number of thioether (sulfide) groups is 1. The van der Waals surface area contributed by atoms with Crippen molar-refractivity contribution in [1.82, 2.24) is 0 Å². The fourth-order valence-electron chi connectivity index (χ4n) is 3.16. The molecule has 2 fully saturated rings. The highest BCUT2D eigenvalue weighted by Crippen LogP contribution is 2.39. The minimum absolute atomic E-state index is 0.0686. The SMILES string of the molecule is Cc1cccc(CN)c1OC1CCOC2(CCSC2)C1. The first kappa shape index (κ1) is 14.2.